The molecule has 0 spiro atoms. The summed E-state index contributed by atoms with van der Waals surface area (Å²) in [5.41, 5.74) is -0.397. The fraction of sp³-hybridized carbons (Fsp3) is 0.222. The number of hydrogen-bond acceptors (Lipinski definition) is 2. The molecule has 0 amide bonds. The molecule has 16 heavy (non-hydrogen) atoms. The largest absolute Gasteiger partial charge is 0.499 e. The Hall–Kier alpha value is -1.84. The molecule has 0 bridgehead atoms. The number of halogens is 5. The molecule has 1 aromatic rings. The maximum Gasteiger partial charge on any atom is 0.499 e. The summed E-state index contributed by atoms with van der Waals surface area (Å²) < 4.78 is 63.8. The first-order valence-electron chi connectivity index (χ1n) is 3.90. The van der Waals surface area contributed by atoms with Gasteiger partial charge in [-0.2, -0.15) is 27.2 Å². The molecule has 0 aromatic heterocycles. The normalized spacial score (nSPS) is 12.0. The average Bonchev–Trinajstić information content (AvgIpc) is 2.16. The van der Waals surface area contributed by atoms with Crippen molar-refractivity contribution in [3.8, 4) is 11.8 Å². The van der Waals surface area contributed by atoms with Gasteiger partial charge in [-0.3, -0.25) is 0 Å². The number of benzene rings is 1. The second-order valence-corrected chi connectivity index (χ2v) is 2.72. The van der Waals surface area contributed by atoms with Gasteiger partial charge in [-0.1, -0.05) is 12.1 Å². The Morgan fingerprint density at radius 2 is 1.62 bits per heavy atom. The van der Waals surface area contributed by atoms with Crippen LogP contribution in [0.1, 0.15) is 5.56 Å². The van der Waals surface area contributed by atoms with Gasteiger partial charge in [0.25, 0.3) is 0 Å². The Bertz CT molecular complexity index is 421. The van der Waals surface area contributed by atoms with E-state index >= 15 is 0 Å². The van der Waals surface area contributed by atoms with Crippen molar-refractivity contribution in [3.05, 3.63) is 29.8 Å². The Morgan fingerprint density at radius 1 is 1.06 bits per heavy atom. The van der Waals surface area contributed by atoms with Crippen LogP contribution in [0.3, 0.4) is 0 Å². The topological polar surface area (TPSA) is 33.0 Å². The molecule has 0 aliphatic rings. The Kier molecular flexibility index (Phi) is 3.03. The molecule has 0 fully saturated rings. The SMILES string of the molecule is N#Cc1ccccc1OC(F)(F)C(F)(F)F. The molecule has 0 N–H and O–H groups in total. The standard InChI is InChI=1S/C9H4F5NO/c10-8(11,12)9(13,14)16-7-4-2-1-3-6(7)5-15/h1-4H. The Morgan fingerprint density at radius 3 is 2.12 bits per heavy atom. The highest BCUT2D eigenvalue weighted by atomic mass is 19.4. The lowest BCUT2D eigenvalue weighted by Gasteiger charge is -2.20. The zero-order valence-corrected chi connectivity index (χ0v) is 7.55. The Labute approximate surface area is 86.9 Å². The lowest BCUT2D eigenvalue weighted by Crippen LogP contribution is -2.42. The first-order chi connectivity index (χ1) is 7.28. The van der Waals surface area contributed by atoms with Crippen LogP contribution in [0.4, 0.5) is 22.0 Å². The van der Waals surface area contributed by atoms with Crippen LogP contribution < -0.4 is 4.74 Å². The van der Waals surface area contributed by atoms with E-state index in [-0.39, 0.29) is 0 Å². The maximum absolute atomic E-state index is 12.5. The summed E-state index contributed by atoms with van der Waals surface area (Å²) in [6.07, 6.45) is -11.1. The van der Waals surface area contributed by atoms with Crippen molar-refractivity contribution in [2.45, 2.75) is 12.3 Å². The average molecular weight is 237 g/mol. The van der Waals surface area contributed by atoms with Gasteiger partial charge in [0.15, 0.2) is 0 Å². The highest BCUT2D eigenvalue weighted by Gasteiger charge is 2.61. The van der Waals surface area contributed by atoms with E-state index in [0.717, 1.165) is 12.1 Å². The predicted octanol–water partition coefficient (Wildman–Crippen LogP) is 3.09. The first-order valence-corrected chi connectivity index (χ1v) is 3.90. The van der Waals surface area contributed by atoms with Gasteiger partial charge in [-0.15, -0.1) is 0 Å². The van der Waals surface area contributed by atoms with E-state index in [2.05, 4.69) is 4.74 Å². The number of rotatable bonds is 2. The van der Waals surface area contributed by atoms with E-state index in [1.165, 1.54) is 18.2 Å². The second kappa shape index (κ2) is 3.96. The van der Waals surface area contributed by atoms with Crippen LogP contribution in [0, 0.1) is 11.3 Å². The van der Waals surface area contributed by atoms with Crippen LogP contribution in [0.2, 0.25) is 0 Å². The number of nitrogens with zero attached hydrogens (tertiary/aromatic N) is 1. The fourth-order valence-electron chi connectivity index (χ4n) is 0.844. The van der Waals surface area contributed by atoms with Crippen molar-refractivity contribution in [1.82, 2.24) is 0 Å². The minimum absolute atomic E-state index is 0.397. The van der Waals surface area contributed by atoms with Gasteiger partial charge in [0.2, 0.25) is 0 Å². The summed E-state index contributed by atoms with van der Waals surface area (Å²) in [5, 5.41) is 8.46. The van der Waals surface area contributed by atoms with Gasteiger partial charge in [0.1, 0.15) is 11.8 Å². The number of para-hydroxylation sites is 1. The molecule has 86 valence electrons. The van der Waals surface area contributed by atoms with Crippen LogP contribution in [-0.4, -0.2) is 12.3 Å². The summed E-state index contributed by atoms with van der Waals surface area (Å²) in [4.78, 5) is 0. The minimum Gasteiger partial charge on any atom is -0.424 e. The van der Waals surface area contributed by atoms with Gasteiger partial charge in [0.05, 0.1) is 5.56 Å². The predicted molar refractivity (Wildman–Crippen MR) is 42.8 cm³/mol. The molecular formula is C9H4F5NO. The maximum atomic E-state index is 12.5. The molecule has 0 aliphatic carbocycles. The van der Waals surface area contributed by atoms with Gasteiger partial charge >= 0.3 is 12.3 Å². The molecular weight excluding hydrogens is 233 g/mol. The van der Waals surface area contributed by atoms with Gasteiger partial charge in [0, 0.05) is 0 Å². The summed E-state index contributed by atoms with van der Waals surface area (Å²) in [5.74, 6) is -0.813. The molecule has 0 radical (unpaired) electrons. The van der Waals surface area contributed by atoms with Crippen molar-refractivity contribution >= 4 is 0 Å². The van der Waals surface area contributed by atoms with Crippen LogP contribution in [0.5, 0.6) is 5.75 Å². The fourth-order valence-corrected chi connectivity index (χ4v) is 0.844. The number of alkyl halides is 5. The highest BCUT2D eigenvalue weighted by molar-refractivity contribution is 5.42. The number of nitriles is 1. The molecule has 0 unspecified atom stereocenters. The van der Waals surface area contributed by atoms with Gasteiger partial charge in [-0.25, -0.2) is 0 Å². The third-order valence-electron chi connectivity index (χ3n) is 1.58. The summed E-state index contributed by atoms with van der Waals surface area (Å²) in [6.45, 7) is 0. The molecule has 7 heteroatoms. The molecule has 0 atom stereocenters. The van der Waals surface area contributed by atoms with Crippen molar-refractivity contribution in [2.24, 2.45) is 0 Å². The van der Waals surface area contributed by atoms with Crippen molar-refractivity contribution < 1.29 is 26.7 Å². The number of ether oxygens (including phenoxy) is 1. The zero-order valence-electron chi connectivity index (χ0n) is 7.55. The van der Waals surface area contributed by atoms with E-state index in [1.54, 1.807) is 0 Å². The lowest BCUT2D eigenvalue weighted by atomic mass is 10.2. The molecule has 2 nitrogen and oxygen atoms in total. The van der Waals surface area contributed by atoms with Crippen molar-refractivity contribution in [2.75, 3.05) is 0 Å². The van der Waals surface area contributed by atoms with E-state index in [0.29, 0.717) is 0 Å². The zero-order chi connectivity index (χ0) is 12.4. The van der Waals surface area contributed by atoms with Crippen LogP contribution in [0.25, 0.3) is 0 Å². The van der Waals surface area contributed by atoms with Gasteiger partial charge < -0.3 is 4.74 Å². The molecule has 0 heterocycles. The van der Waals surface area contributed by atoms with Gasteiger partial charge in [-0.05, 0) is 12.1 Å². The smallest absolute Gasteiger partial charge is 0.424 e. The highest BCUT2D eigenvalue weighted by Crippen LogP contribution is 2.37. The molecule has 1 rings (SSSR count). The van der Waals surface area contributed by atoms with Crippen LogP contribution in [-0.2, 0) is 0 Å². The first kappa shape index (κ1) is 12.2. The lowest BCUT2D eigenvalue weighted by molar-refractivity contribution is -0.360. The van der Waals surface area contributed by atoms with Crippen LogP contribution >= 0.6 is 0 Å². The van der Waals surface area contributed by atoms with E-state index in [1.807, 2.05) is 0 Å². The molecule has 0 saturated carbocycles. The molecule has 0 saturated heterocycles. The summed E-state index contributed by atoms with van der Waals surface area (Å²) in [6, 6.07) is 5.87. The molecule has 0 aliphatic heterocycles. The third kappa shape index (κ3) is 2.39. The minimum atomic E-state index is -5.82. The van der Waals surface area contributed by atoms with Crippen molar-refractivity contribution in [1.29, 1.82) is 5.26 Å². The number of hydrogen-bond donors (Lipinski definition) is 0. The van der Waals surface area contributed by atoms with E-state index < -0.39 is 23.6 Å². The Balaban J connectivity index is 3.02. The van der Waals surface area contributed by atoms with E-state index in [9.17, 15) is 22.0 Å². The monoisotopic (exact) mass is 237 g/mol. The van der Waals surface area contributed by atoms with Crippen LogP contribution in [0.15, 0.2) is 24.3 Å². The third-order valence-corrected chi connectivity index (χ3v) is 1.58. The van der Waals surface area contributed by atoms with E-state index in [4.69, 9.17) is 5.26 Å². The quantitative estimate of drug-likeness (QED) is 0.740. The summed E-state index contributed by atoms with van der Waals surface area (Å²) in [7, 11) is 0. The second-order valence-electron chi connectivity index (χ2n) is 2.72. The molecule has 1 aromatic carbocycles. The van der Waals surface area contributed by atoms with Crippen molar-refractivity contribution in [3.63, 3.8) is 0 Å². The summed E-state index contributed by atoms with van der Waals surface area (Å²) >= 11 is 0.